The second kappa shape index (κ2) is 7.60. The third kappa shape index (κ3) is 2.67. The van der Waals surface area contributed by atoms with Crippen LogP contribution in [0, 0.1) is 11.3 Å². The van der Waals surface area contributed by atoms with Crippen LogP contribution in [0.15, 0.2) is 47.1 Å². The van der Waals surface area contributed by atoms with Crippen LogP contribution in [0.25, 0.3) is 0 Å². The van der Waals surface area contributed by atoms with E-state index in [1.165, 1.54) is 0 Å². The second-order valence-corrected chi connectivity index (χ2v) is 11.2. The molecule has 4 aliphatic rings. The molecule has 7 atom stereocenters. The minimum Gasteiger partial charge on any atom is -0.456 e. The lowest BCUT2D eigenvalue weighted by Crippen LogP contribution is -2.73. The summed E-state index contributed by atoms with van der Waals surface area (Å²) in [4.78, 5) is 39.9. The highest BCUT2D eigenvalue weighted by atomic mass is 16.6. The summed E-state index contributed by atoms with van der Waals surface area (Å²) in [6, 6.07) is 6.74. The number of carbonyl (C=O) groups is 3. The summed E-state index contributed by atoms with van der Waals surface area (Å²) < 4.78 is 5.61. The summed E-state index contributed by atoms with van der Waals surface area (Å²) in [5.74, 6) is -1.98. The maximum absolute atomic E-state index is 13.9. The van der Waals surface area contributed by atoms with Gasteiger partial charge in [0.2, 0.25) is 5.91 Å². The zero-order chi connectivity index (χ0) is 26.4. The van der Waals surface area contributed by atoms with Crippen molar-refractivity contribution < 1.29 is 34.4 Å². The molecule has 5 rings (SSSR count). The van der Waals surface area contributed by atoms with E-state index in [9.17, 15) is 29.7 Å². The Hall–Kier alpha value is -2.81. The van der Waals surface area contributed by atoms with Crippen molar-refractivity contribution in [2.24, 2.45) is 11.3 Å². The molecule has 0 radical (unpaired) electrons. The molecule has 4 N–H and O–H groups in total. The molecule has 1 aliphatic heterocycles. The van der Waals surface area contributed by atoms with E-state index >= 15 is 0 Å². The number of para-hydroxylation sites is 1. The molecule has 1 spiro atoms. The fourth-order valence-electron chi connectivity index (χ4n) is 7.22. The number of hydrogen-bond donors (Lipinski definition) is 4. The largest absolute Gasteiger partial charge is 0.456 e. The number of carbonyl (C=O) groups excluding carboxylic acids is 3. The number of ketones is 1. The number of aliphatic hydroxyl groups excluding tert-OH is 1. The first kappa shape index (κ1) is 24.9. The van der Waals surface area contributed by atoms with Gasteiger partial charge in [-0.2, -0.15) is 0 Å². The molecular formula is C28H33NO7. The Bertz CT molecular complexity index is 1270. The number of benzene rings is 1. The topological polar surface area (TPSA) is 133 Å². The van der Waals surface area contributed by atoms with E-state index in [0.29, 0.717) is 34.4 Å². The number of allylic oxidation sites excluding steroid dienone is 2. The van der Waals surface area contributed by atoms with Crippen molar-refractivity contribution in [3.05, 3.63) is 52.6 Å². The number of fused-ring (bicyclic) bond motifs is 5. The van der Waals surface area contributed by atoms with Crippen LogP contribution in [0.3, 0.4) is 0 Å². The number of nitrogens with one attached hydrogen (secondary N) is 1. The Labute approximate surface area is 210 Å². The number of esters is 1. The highest BCUT2D eigenvalue weighted by Gasteiger charge is 2.77. The second-order valence-electron chi connectivity index (χ2n) is 11.2. The molecule has 0 unspecified atom stereocenters. The van der Waals surface area contributed by atoms with Gasteiger partial charge in [-0.1, -0.05) is 38.1 Å². The van der Waals surface area contributed by atoms with Gasteiger partial charge >= 0.3 is 5.97 Å². The van der Waals surface area contributed by atoms with E-state index < -0.39 is 58.3 Å². The summed E-state index contributed by atoms with van der Waals surface area (Å²) in [6.07, 6.45) is -0.998. The van der Waals surface area contributed by atoms with Gasteiger partial charge in [0.05, 0.1) is 0 Å². The summed E-state index contributed by atoms with van der Waals surface area (Å²) in [5, 5.41) is 38.9. The SMILES string of the molecule is C/C=C(/C)C(=O)O[C@@H]1C[C@H](C)[C@@]2(C)CC3=C(C)C(=O)[C@@]4(C(=O)Nc5ccccc54)[C@@]3(O)C[C@@]2(O)[C@@H]1O. The molecule has 192 valence electrons. The van der Waals surface area contributed by atoms with E-state index in [4.69, 9.17) is 4.74 Å². The minimum absolute atomic E-state index is 0.113. The summed E-state index contributed by atoms with van der Waals surface area (Å²) in [6.45, 7) is 8.66. The predicted octanol–water partition coefficient (Wildman–Crippen LogP) is 2.32. The van der Waals surface area contributed by atoms with E-state index in [2.05, 4.69) is 5.32 Å². The van der Waals surface area contributed by atoms with Crippen molar-refractivity contribution in [1.82, 2.24) is 0 Å². The molecule has 8 heteroatoms. The predicted molar refractivity (Wildman–Crippen MR) is 131 cm³/mol. The Morgan fingerprint density at radius 1 is 1.22 bits per heavy atom. The Morgan fingerprint density at radius 2 is 1.89 bits per heavy atom. The van der Waals surface area contributed by atoms with Crippen molar-refractivity contribution in [1.29, 1.82) is 0 Å². The fraction of sp³-hybridized carbons (Fsp3) is 0.536. The third-order valence-electron chi connectivity index (χ3n) is 9.76. The van der Waals surface area contributed by atoms with E-state index in [-0.39, 0.29) is 12.3 Å². The molecular weight excluding hydrogens is 462 g/mol. The van der Waals surface area contributed by atoms with Crippen LogP contribution in [0.1, 0.15) is 59.4 Å². The van der Waals surface area contributed by atoms with Crippen molar-refractivity contribution in [3.63, 3.8) is 0 Å². The average molecular weight is 496 g/mol. The van der Waals surface area contributed by atoms with Gasteiger partial charge in [-0.05, 0) is 56.7 Å². The number of aliphatic hydroxyl groups is 3. The molecule has 1 aromatic carbocycles. The lowest BCUT2D eigenvalue weighted by atomic mass is 9.46. The summed E-state index contributed by atoms with van der Waals surface area (Å²) in [5.41, 5.74) is -5.03. The van der Waals surface area contributed by atoms with Crippen molar-refractivity contribution in [2.75, 3.05) is 5.32 Å². The van der Waals surface area contributed by atoms with Crippen LogP contribution in [0.4, 0.5) is 5.69 Å². The van der Waals surface area contributed by atoms with Crippen LogP contribution in [0.2, 0.25) is 0 Å². The molecule has 2 saturated carbocycles. The molecule has 0 bridgehead atoms. The Balaban J connectivity index is 1.65. The van der Waals surface area contributed by atoms with E-state index in [0.717, 1.165) is 0 Å². The Morgan fingerprint density at radius 3 is 2.56 bits per heavy atom. The summed E-state index contributed by atoms with van der Waals surface area (Å²) in [7, 11) is 0. The molecule has 36 heavy (non-hydrogen) atoms. The molecule has 3 aliphatic carbocycles. The van der Waals surface area contributed by atoms with Gasteiger partial charge in [-0.25, -0.2) is 4.79 Å². The minimum atomic E-state index is -2.06. The first-order valence-corrected chi connectivity index (χ1v) is 12.4. The van der Waals surface area contributed by atoms with Crippen LogP contribution in [-0.4, -0.2) is 56.4 Å². The summed E-state index contributed by atoms with van der Waals surface area (Å²) >= 11 is 0. The molecule has 1 amide bonds. The molecule has 0 saturated heterocycles. The smallest absolute Gasteiger partial charge is 0.333 e. The van der Waals surface area contributed by atoms with Crippen LogP contribution in [0.5, 0.6) is 0 Å². The van der Waals surface area contributed by atoms with Crippen LogP contribution in [-0.2, 0) is 24.5 Å². The highest BCUT2D eigenvalue weighted by molar-refractivity contribution is 6.29. The van der Waals surface area contributed by atoms with Gasteiger partial charge < -0.3 is 25.4 Å². The maximum atomic E-state index is 13.9. The number of ether oxygens (including phenoxy) is 1. The third-order valence-corrected chi connectivity index (χ3v) is 9.76. The van der Waals surface area contributed by atoms with E-state index in [1.807, 2.05) is 13.8 Å². The average Bonchev–Trinajstić information content (AvgIpc) is 3.23. The number of anilines is 1. The molecule has 0 aromatic heterocycles. The number of rotatable bonds is 2. The number of Topliss-reactive ketones (excluding diaryl/α,β-unsaturated/α-hetero) is 1. The number of amides is 1. The zero-order valence-corrected chi connectivity index (χ0v) is 21.2. The quantitative estimate of drug-likeness (QED) is 0.281. The normalized spacial score (nSPS) is 41.7. The first-order valence-electron chi connectivity index (χ1n) is 12.4. The lowest BCUT2D eigenvalue weighted by molar-refractivity contribution is -0.267. The van der Waals surface area contributed by atoms with Crippen molar-refractivity contribution in [2.45, 2.75) is 82.7 Å². The van der Waals surface area contributed by atoms with Gasteiger partial charge in [0.1, 0.15) is 23.4 Å². The standard InChI is InChI=1S/C28H33NO7/c1-6-14(2)23(32)36-20-11-15(3)25(5)12-18-16(4)21(30)28(26(18,34)13-27(25,35)22(20)31)17-9-7-8-10-19(17)29-24(28)33/h6-10,15,20,22,31,34-35H,11-13H2,1-5H3,(H,29,33)/b14-6-/t15-,20+,22+,25+,26+,27+,28-/m0/s1. The molecule has 1 heterocycles. The lowest BCUT2D eigenvalue weighted by Gasteiger charge is -2.63. The zero-order valence-electron chi connectivity index (χ0n) is 21.2. The van der Waals surface area contributed by atoms with Gasteiger partial charge in [-0.3, -0.25) is 9.59 Å². The van der Waals surface area contributed by atoms with E-state index in [1.54, 1.807) is 51.1 Å². The first-order chi connectivity index (χ1) is 16.8. The van der Waals surface area contributed by atoms with Crippen molar-refractivity contribution in [3.8, 4) is 0 Å². The Kier molecular flexibility index (Phi) is 5.25. The molecule has 8 nitrogen and oxygen atoms in total. The fourth-order valence-corrected chi connectivity index (χ4v) is 7.22. The van der Waals surface area contributed by atoms with Gasteiger partial charge in [0.25, 0.3) is 0 Å². The van der Waals surface area contributed by atoms with Crippen LogP contribution >= 0.6 is 0 Å². The molecule has 1 aromatic rings. The number of hydrogen-bond acceptors (Lipinski definition) is 7. The highest BCUT2D eigenvalue weighted by Crippen LogP contribution is 2.67. The van der Waals surface area contributed by atoms with Gasteiger partial charge in [0.15, 0.2) is 11.2 Å². The van der Waals surface area contributed by atoms with Gasteiger partial charge in [0, 0.05) is 28.7 Å². The van der Waals surface area contributed by atoms with Crippen LogP contribution < -0.4 is 5.32 Å². The maximum Gasteiger partial charge on any atom is 0.333 e. The monoisotopic (exact) mass is 495 g/mol. The molecule has 2 fully saturated rings. The van der Waals surface area contributed by atoms with Gasteiger partial charge in [-0.15, -0.1) is 0 Å². The van der Waals surface area contributed by atoms with Crippen molar-refractivity contribution >= 4 is 23.3 Å².